The molecular weight excluding hydrogens is 489 g/mol. The van der Waals surface area contributed by atoms with E-state index in [0.717, 1.165) is 22.1 Å². The van der Waals surface area contributed by atoms with Crippen molar-refractivity contribution >= 4 is 44.3 Å². The third-order valence-corrected chi connectivity index (χ3v) is 7.04. The van der Waals surface area contributed by atoms with Gasteiger partial charge in [-0.15, -0.1) is 0 Å². The van der Waals surface area contributed by atoms with Crippen LogP contribution < -0.4 is 19.6 Å². The number of hydrogen-bond acceptors (Lipinski definition) is 5. The van der Waals surface area contributed by atoms with Gasteiger partial charge in [0.2, 0.25) is 5.60 Å². The first-order chi connectivity index (χ1) is 17.7. The third kappa shape index (κ3) is 4.17. The summed E-state index contributed by atoms with van der Waals surface area (Å²) in [6.07, 6.45) is -5.02. The van der Waals surface area contributed by atoms with E-state index in [4.69, 9.17) is 0 Å². The van der Waals surface area contributed by atoms with Gasteiger partial charge in [-0.2, -0.15) is 13.2 Å². The molecule has 202 valence electrons. The van der Waals surface area contributed by atoms with Crippen molar-refractivity contribution in [2.75, 3.05) is 76.0 Å². The summed E-state index contributed by atoms with van der Waals surface area (Å²) in [4.78, 5) is 7.05. The Morgan fingerprint density at radius 3 is 1.18 bits per heavy atom. The molecule has 5 nitrogen and oxygen atoms in total. The van der Waals surface area contributed by atoms with Crippen LogP contribution in [0.1, 0.15) is 11.1 Å². The molecule has 0 spiro atoms. The maximum absolute atomic E-state index is 15.4. The van der Waals surface area contributed by atoms with E-state index in [-0.39, 0.29) is 11.1 Å². The zero-order chi connectivity index (χ0) is 28.2. The first-order valence-corrected chi connectivity index (χ1v) is 12.3. The lowest BCUT2D eigenvalue weighted by atomic mass is 9.80. The van der Waals surface area contributed by atoms with Crippen LogP contribution in [0.15, 0.2) is 60.7 Å². The van der Waals surface area contributed by atoms with Crippen LogP contribution in [0.4, 0.5) is 35.9 Å². The van der Waals surface area contributed by atoms with E-state index >= 15 is 13.2 Å². The number of halogens is 3. The molecule has 0 aliphatic carbocycles. The summed E-state index contributed by atoms with van der Waals surface area (Å²) >= 11 is 0. The van der Waals surface area contributed by atoms with Crippen LogP contribution in [-0.2, 0) is 5.60 Å². The van der Waals surface area contributed by atoms with E-state index in [1.165, 1.54) is 12.1 Å². The number of rotatable bonds is 6. The molecule has 0 unspecified atom stereocenters. The minimum Gasteiger partial charge on any atom is -0.377 e. The van der Waals surface area contributed by atoms with E-state index < -0.39 is 11.8 Å². The summed E-state index contributed by atoms with van der Waals surface area (Å²) in [5, 5.41) is 15.0. The van der Waals surface area contributed by atoms with Crippen LogP contribution >= 0.6 is 0 Å². The molecule has 0 aliphatic rings. The van der Waals surface area contributed by atoms with Crippen LogP contribution in [0, 0.1) is 0 Å². The molecule has 0 saturated heterocycles. The largest absolute Gasteiger partial charge is 0.425 e. The minimum atomic E-state index is -5.02. The number of aliphatic hydroxyl groups is 1. The zero-order valence-corrected chi connectivity index (χ0v) is 23.1. The Morgan fingerprint density at radius 1 is 0.526 bits per heavy atom. The van der Waals surface area contributed by atoms with Crippen molar-refractivity contribution in [2.45, 2.75) is 11.8 Å². The summed E-state index contributed by atoms with van der Waals surface area (Å²) in [6, 6.07) is 17.4. The molecule has 8 heteroatoms. The van der Waals surface area contributed by atoms with Crippen molar-refractivity contribution in [1.29, 1.82) is 0 Å². The second-order valence-corrected chi connectivity index (χ2v) is 10.5. The van der Waals surface area contributed by atoms with Crippen molar-refractivity contribution in [3.05, 3.63) is 71.8 Å². The van der Waals surface area contributed by atoms with Crippen molar-refractivity contribution in [1.82, 2.24) is 0 Å². The summed E-state index contributed by atoms with van der Waals surface area (Å²) in [6.45, 7) is 0. The average molecular weight is 525 g/mol. The molecule has 0 heterocycles. The van der Waals surface area contributed by atoms with Gasteiger partial charge in [-0.3, -0.25) is 0 Å². The van der Waals surface area contributed by atoms with Gasteiger partial charge in [-0.25, -0.2) is 0 Å². The van der Waals surface area contributed by atoms with Gasteiger partial charge >= 0.3 is 6.18 Å². The van der Waals surface area contributed by atoms with Gasteiger partial charge in [0, 0.05) is 89.7 Å². The fourth-order valence-electron chi connectivity index (χ4n) is 5.39. The Morgan fingerprint density at radius 2 is 0.895 bits per heavy atom. The molecule has 0 aliphatic heterocycles. The maximum atomic E-state index is 15.4. The lowest BCUT2D eigenvalue weighted by molar-refractivity contribution is -0.247. The first kappa shape index (κ1) is 27.4. The summed E-state index contributed by atoms with van der Waals surface area (Å²) < 4.78 is 46.1. The number of hydrogen-bond donors (Lipinski definition) is 1. The van der Waals surface area contributed by atoms with Gasteiger partial charge in [0.1, 0.15) is 0 Å². The molecule has 0 atom stereocenters. The molecule has 4 aromatic carbocycles. The standard InChI is InChI=1S/C30H35F3N4O/c1-34(2)23-13-9-11-19-15-17-21(27(25(19)23)36(5)6)29(38,30(31,32)33)22-18-16-20-12-10-14-24(35(3)4)26(20)28(22)37(7)8/h9-18,38H,1-8H3. The van der Waals surface area contributed by atoms with Crippen LogP contribution in [-0.4, -0.2) is 67.7 Å². The summed E-state index contributed by atoms with van der Waals surface area (Å²) in [5.74, 6) is 0. The summed E-state index contributed by atoms with van der Waals surface area (Å²) in [5.41, 5.74) is -1.58. The highest BCUT2D eigenvalue weighted by molar-refractivity contribution is 6.07. The van der Waals surface area contributed by atoms with Gasteiger partial charge in [-0.05, 0) is 22.9 Å². The van der Waals surface area contributed by atoms with Crippen LogP contribution in [0.2, 0.25) is 0 Å². The second kappa shape index (κ2) is 9.58. The van der Waals surface area contributed by atoms with E-state index in [2.05, 4.69) is 0 Å². The number of fused-ring (bicyclic) bond motifs is 2. The van der Waals surface area contributed by atoms with Crippen LogP contribution in [0.3, 0.4) is 0 Å². The first-order valence-electron chi connectivity index (χ1n) is 12.3. The fraction of sp³-hybridized carbons (Fsp3) is 0.333. The Bertz CT molecular complexity index is 1390. The van der Waals surface area contributed by atoms with Gasteiger partial charge < -0.3 is 24.7 Å². The molecule has 4 rings (SSSR count). The van der Waals surface area contributed by atoms with Gasteiger partial charge in [0.15, 0.2) is 0 Å². The summed E-state index contributed by atoms with van der Waals surface area (Å²) in [7, 11) is 14.2. The quantitative estimate of drug-likeness (QED) is 0.332. The molecule has 4 aromatic rings. The second-order valence-electron chi connectivity index (χ2n) is 10.5. The van der Waals surface area contributed by atoms with Crippen molar-refractivity contribution < 1.29 is 18.3 Å². The molecule has 0 aromatic heterocycles. The molecule has 1 N–H and O–H groups in total. The molecule has 0 bridgehead atoms. The fourth-order valence-corrected chi connectivity index (χ4v) is 5.39. The van der Waals surface area contributed by atoms with Gasteiger partial charge in [0.25, 0.3) is 0 Å². The lowest BCUT2D eigenvalue weighted by Crippen LogP contribution is -2.45. The SMILES string of the molecule is CN(C)c1cccc2ccc(C(O)(c3ccc4cccc(N(C)C)c4c3N(C)C)C(F)(F)F)c(N(C)C)c12. The van der Waals surface area contributed by atoms with E-state index in [0.29, 0.717) is 22.1 Å². The van der Waals surface area contributed by atoms with Crippen molar-refractivity contribution in [3.8, 4) is 0 Å². The van der Waals surface area contributed by atoms with Crippen LogP contribution in [0.25, 0.3) is 21.5 Å². The lowest BCUT2D eigenvalue weighted by Gasteiger charge is -2.38. The van der Waals surface area contributed by atoms with Crippen LogP contribution in [0.5, 0.6) is 0 Å². The number of alkyl halides is 3. The minimum absolute atomic E-state index is 0.221. The maximum Gasteiger partial charge on any atom is 0.425 e. The highest BCUT2D eigenvalue weighted by Crippen LogP contribution is 2.53. The normalized spacial score (nSPS) is 12.2. The van der Waals surface area contributed by atoms with Gasteiger partial charge in [-0.1, -0.05) is 48.5 Å². The van der Waals surface area contributed by atoms with E-state index in [1.807, 2.05) is 74.4 Å². The molecule has 38 heavy (non-hydrogen) atoms. The predicted molar refractivity (Wildman–Crippen MR) is 154 cm³/mol. The Kier molecular flexibility index (Phi) is 6.91. The smallest absolute Gasteiger partial charge is 0.377 e. The highest BCUT2D eigenvalue weighted by atomic mass is 19.4. The molecule has 0 amide bonds. The molecule has 0 saturated carbocycles. The molecular formula is C30H35F3N4O. The predicted octanol–water partition coefficient (Wildman–Crippen LogP) is 6.06. The highest BCUT2D eigenvalue weighted by Gasteiger charge is 2.59. The number of anilines is 4. The third-order valence-electron chi connectivity index (χ3n) is 7.04. The molecule has 0 radical (unpaired) electrons. The van der Waals surface area contributed by atoms with Crippen molar-refractivity contribution in [3.63, 3.8) is 0 Å². The monoisotopic (exact) mass is 524 g/mol. The van der Waals surface area contributed by atoms with Gasteiger partial charge in [0.05, 0.1) is 11.4 Å². The average Bonchev–Trinajstić information content (AvgIpc) is 2.84. The van der Waals surface area contributed by atoms with E-state index in [1.54, 1.807) is 50.1 Å². The van der Waals surface area contributed by atoms with E-state index in [9.17, 15) is 5.11 Å². The number of benzene rings is 4. The van der Waals surface area contributed by atoms with Crippen molar-refractivity contribution in [2.24, 2.45) is 0 Å². The Hall–Kier alpha value is -3.65. The number of nitrogens with zero attached hydrogens (tertiary/aromatic N) is 4. The Balaban J connectivity index is 2.23. The zero-order valence-electron chi connectivity index (χ0n) is 23.1. The molecule has 0 fully saturated rings. The topological polar surface area (TPSA) is 33.2 Å². The Labute approximate surface area is 222 Å².